The van der Waals surface area contributed by atoms with Crippen molar-refractivity contribution in [3.05, 3.63) is 63.4 Å². The molecule has 3 aromatic rings. The Hall–Kier alpha value is -2.32. The molecular weight excluding hydrogens is 420 g/mol. The zero-order valence-electron chi connectivity index (χ0n) is 14.0. The van der Waals surface area contributed by atoms with Gasteiger partial charge in [-0.2, -0.15) is 0 Å². The number of sulfonamides is 1. The first-order valence-electron chi connectivity index (χ1n) is 8.01. The van der Waals surface area contributed by atoms with E-state index in [1.165, 1.54) is 6.07 Å². The molecule has 1 heterocycles. The summed E-state index contributed by atoms with van der Waals surface area (Å²) in [5.74, 6) is 0. The predicted molar refractivity (Wildman–Crippen MR) is 106 cm³/mol. The van der Waals surface area contributed by atoms with Gasteiger partial charge in [-0.05, 0) is 46.6 Å². The zero-order chi connectivity index (χ0) is 18.7. The molecular formula is C18H17BrN2O4S. The molecule has 2 N–H and O–H groups in total. The number of nitrogens with one attached hydrogen (secondary N) is 2. The molecule has 0 amide bonds. The molecule has 0 saturated carbocycles. The Kier molecular flexibility index (Phi) is 5.33. The number of halogens is 1. The molecule has 0 fully saturated rings. The molecule has 136 valence electrons. The molecule has 0 saturated heterocycles. The van der Waals surface area contributed by atoms with Gasteiger partial charge in [0.05, 0.1) is 5.69 Å². The van der Waals surface area contributed by atoms with Crippen LogP contribution in [0.2, 0.25) is 0 Å². The van der Waals surface area contributed by atoms with Gasteiger partial charge >= 0.3 is 5.63 Å². The molecule has 0 bridgehead atoms. The van der Waals surface area contributed by atoms with Crippen LogP contribution >= 0.6 is 15.9 Å². The maximum absolute atomic E-state index is 12.8. The van der Waals surface area contributed by atoms with Crippen LogP contribution in [0.4, 0.5) is 11.4 Å². The van der Waals surface area contributed by atoms with E-state index in [1.807, 2.05) is 6.92 Å². The highest BCUT2D eigenvalue weighted by molar-refractivity contribution is 9.10. The average Bonchev–Trinajstić information content (AvgIpc) is 2.61. The van der Waals surface area contributed by atoms with Gasteiger partial charge in [-0.15, -0.1) is 0 Å². The number of para-hydroxylation sites is 1. The van der Waals surface area contributed by atoms with Gasteiger partial charge in [0.1, 0.15) is 10.5 Å². The SMILES string of the molecule is CCCNc1c(NS(=O)(=O)c2ccccc2Br)c(=O)oc2ccccc12. The second-order valence-electron chi connectivity index (χ2n) is 5.60. The fourth-order valence-electron chi connectivity index (χ4n) is 2.53. The molecule has 8 heteroatoms. The van der Waals surface area contributed by atoms with Crippen LogP contribution in [0.1, 0.15) is 13.3 Å². The minimum atomic E-state index is -3.98. The normalized spacial score (nSPS) is 11.5. The summed E-state index contributed by atoms with van der Waals surface area (Å²) in [6.07, 6.45) is 0.810. The van der Waals surface area contributed by atoms with Gasteiger partial charge in [0.15, 0.2) is 5.69 Å². The largest absolute Gasteiger partial charge is 0.421 e. The van der Waals surface area contributed by atoms with Crippen molar-refractivity contribution in [3.8, 4) is 0 Å². The molecule has 3 rings (SSSR count). The third kappa shape index (κ3) is 3.61. The lowest BCUT2D eigenvalue weighted by Gasteiger charge is -2.15. The van der Waals surface area contributed by atoms with Crippen LogP contribution in [-0.2, 0) is 10.0 Å². The summed E-state index contributed by atoms with van der Waals surface area (Å²) in [5, 5.41) is 3.77. The molecule has 0 aliphatic carbocycles. The molecule has 2 aromatic carbocycles. The second-order valence-corrected chi connectivity index (χ2v) is 8.10. The van der Waals surface area contributed by atoms with Gasteiger partial charge in [-0.3, -0.25) is 4.72 Å². The van der Waals surface area contributed by atoms with Gasteiger partial charge in [0, 0.05) is 16.4 Å². The van der Waals surface area contributed by atoms with E-state index in [9.17, 15) is 13.2 Å². The van der Waals surface area contributed by atoms with Crippen molar-refractivity contribution in [2.45, 2.75) is 18.2 Å². The molecule has 1 aromatic heterocycles. The maximum Gasteiger partial charge on any atom is 0.363 e. The summed E-state index contributed by atoms with van der Waals surface area (Å²) in [6, 6.07) is 13.4. The molecule has 0 atom stereocenters. The van der Waals surface area contributed by atoms with E-state index in [4.69, 9.17) is 4.42 Å². The van der Waals surface area contributed by atoms with E-state index in [0.717, 1.165) is 6.42 Å². The van der Waals surface area contributed by atoms with E-state index in [0.29, 0.717) is 27.7 Å². The first-order valence-corrected chi connectivity index (χ1v) is 10.3. The van der Waals surface area contributed by atoms with Crippen LogP contribution in [0.3, 0.4) is 0 Å². The van der Waals surface area contributed by atoms with Crippen molar-refractivity contribution in [1.29, 1.82) is 0 Å². The number of rotatable bonds is 6. The van der Waals surface area contributed by atoms with Crippen LogP contribution in [0.25, 0.3) is 11.0 Å². The van der Waals surface area contributed by atoms with Crippen LogP contribution in [0.5, 0.6) is 0 Å². The van der Waals surface area contributed by atoms with Gasteiger partial charge in [0.25, 0.3) is 10.0 Å². The predicted octanol–water partition coefficient (Wildman–Crippen LogP) is 4.18. The Morgan fingerprint density at radius 1 is 1.04 bits per heavy atom. The third-order valence-electron chi connectivity index (χ3n) is 3.73. The fourth-order valence-corrected chi connectivity index (χ4v) is 4.60. The Balaban J connectivity index is 2.17. The number of fused-ring (bicyclic) bond motifs is 1. The standard InChI is InChI=1S/C18H17BrN2O4S/c1-2-11-20-16-12-7-3-5-9-14(12)25-18(22)17(16)21-26(23,24)15-10-6-4-8-13(15)19/h3-10,20-21H,2,11H2,1H3. The summed E-state index contributed by atoms with van der Waals surface area (Å²) in [5.41, 5.74) is -0.0832. The molecule has 26 heavy (non-hydrogen) atoms. The lowest BCUT2D eigenvalue weighted by molar-refractivity contribution is 0.563. The first-order chi connectivity index (χ1) is 12.4. The number of hydrogen-bond donors (Lipinski definition) is 2. The van der Waals surface area contributed by atoms with Gasteiger partial charge in [-0.1, -0.05) is 31.2 Å². The van der Waals surface area contributed by atoms with Crippen LogP contribution < -0.4 is 15.7 Å². The Morgan fingerprint density at radius 3 is 2.46 bits per heavy atom. The highest BCUT2D eigenvalue weighted by atomic mass is 79.9. The summed E-state index contributed by atoms with van der Waals surface area (Å²) < 4.78 is 33.7. The quantitative estimate of drug-likeness (QED) is 0.565. The van der Waals surface area contributed by atoms with E-state index in [2.05, 4.69) is 26.0 Å². The molecule has 6 nitrogen and oxygen atoms in total. The summed E-state index contributed by atoms with van der Waals surface area (Å²) in [7, 11) is -3.98. The highest BCUT2D eigenvalue weighted by Crippen LogP contribution is 2.31. The zero-order valence-corrected chi connectivity index (χ0v) is 16.4. The molecule has 0 aliphatic heterocycles. The maximum atomic E-state index is 12.8. The lowest BCUT2D eigenvalue weighted by atomic mass is 10.2. The van der Waals surface area contributed by atoms with Crippen molar-refractivity contribution < 1.29 is 12.8 Å². The number of hydrogen-bond acceptors (Lipinski definition) is 5. The van der Waals surface area contributed by atoms with E-state index < -0.39 is 15.6 Å². The fraction of sp³-hybridized carbons (Fsp3) is 0.167. The minimum absolute atomic E-state index is 0.0361. The molecule has 0 spiro atoms. The average molecular weight is 437 g/mol. The summed E-state index contributed by atoms with van der Waals surface area (Å²) in [6.45, 7) is 2.56. The molecule has 0 radical (unpaired) electrons. The number of anilines is 2. The van der Waals surface area contributed by atoms with Gasteiger partial charge in [0.2, 0.25) is 0 Å². The van der Waals surface area contributed by atoms with Gasteiger partial charge in [-0.25, -0.2) is 13.2 Å². The Bertz CT molecular complexity index is 1110. The van der Waals surface area contributed by atoms with Crippen molar-refractivity contribution in [3.63, 3.8) is 0 Å². The van der Waals surface area contributed by atoms with Crippen molar-refractivity contribution >= 4 is 48.3 Å². The van der Waals surface area contributed by atoms with Crippen LogP contribution in [0, 0.1) is 0 Å². The number of benzene rings is 2. The molecule has 0 aliphatic rings. The lowest BCUT2D eigenvalue weighted by Crippen LogP contribution is -2.21. The smallest absolute Gasteiger partial charge is 0.363 e. The van der Waals surface area contributed by atoms with Gasteiger partial charge < -0.3 is 9.73 Å². The Morgan fingerprint density at radius 2 is 1.73 bits per heavy atom. The minimum Gasteiger partial charge on any atom is -0.421 e. The monoisotopic (exact) mass is 436 g/mol. The van der Waals surface area contributed by atoms with Crippen molar-refractivity contribution in [2.24, 2.45) is 0 Å². The van der Waals surface area contributed by atoms with Crippen molar-refractivity contribution in [1.82, 2.24) is 0 Å². The van der Waals surface area contributed by atoms with E-state index in [-0.39, 0.29) is 10.6 Å². The first kappa shape index (κ1) is 18.5. The van der Waals surface area contributed by atoms with Crippen molar-refractivity contribution in [2.75, 3.05) is 16.6 Å². The second kappa shape index (κ2) is 7.51. The van der Waals surface area contributed by atoms with Crippen LogP contribution in [-0.4, -0.2) is 15.0 Å². The topological polar surface area (TPSA) is 88.4 Å². The van der Waals surface area contributed by atoms with E-state index >= 15 is 0 Å². The molecule has 0 unspecified atom stereocenters. The highest BCUT2D eigenvalue weighted by Gasteiger charge is 2.23. The summed E-state index contributed by atoms with van der Waals surface area (Å²) in [4.78, 5) is 12.5. The summed E-state index contributed by atoms with van der Waals surface area (Å²) >= 11 is 3.23. The third-order valence-corrected chi connectivity index (χ3v) is 6.09. The van der Waals surface area contributed by atoms with E-state index in [1.54, 1.807) is 42.5 Å². The Labute approximate surface area is 159 Å². The van der Waals surface area contributed by atoms with Crippen LogP contribution in [0.15, 0.2) is 67.1 Å².